The summed E-state index contributed by atoms with van der Waals surface area (Å²) in [5, 5.41) is 2.92. The molecule has 0 atom stereocenters. The third-order valence-corrected chi connectivity index (χ3v) is 3.98. The molecular weight excluding hydrogens is 438 g/mol. The molecule has 29 heavy (non-hydrogen) atoms. The minimum atomic E-state index is -4.94. The second kappa shape index (κ2) is 9.71. The van der Waals surface area contributed by atoms with Gasteiger partial charge in [-0.2, -0.15) is 0 Å². The molecule has 0 saturated heterocycles. The number of hydrogen-bond donors (Lipinski definition) is 0. The second-order valence-corrected chi connectivity index (χ2v) is 6.14. The van der Waals surface area contributed by atoms with Crippen LogP contribution in [0.15, 0.2) is 41.6 Å². The quantitative estimate of drug-likeness (QED) is 0.336. The molecule has 0 saturated carbocycles. The largest absolute Gasteiger partial charge is 0.573 e. The molecule has 0 N–H and O–H groups in total. The fraction of sp³-hybridized carbons (Fsp3) is 0.222. The number of hydrogen-bond acceptors (Lipinski definition) is 6. The Kier molecular flexibility index (Phi) is 7.58. The standard InChI is InChI=1S/C18H14Cl2F3NO5/c1-26-17(25)15(24-27-2)12-6-4-3-5-10(12)9-28-11-7-13(19)16(14(20)8-11)29-18(21,22)23/h3-8H,9H2,1-2H3. The van der Waals surface area contributed by atoms with Crippen molar-refractivity contribution in [1.82, 2.24) is 0 Å². The molecule has 0 aliphatic rings. The highest BCUT2D eigenvalue weighted by Gasteiger charge is 2.33. The monoisotopic (exact) mass is 451 g/mol. The Morgan fingerprint density at radius 1 is 1.10 bits per heavy atom. The van der Waals surface area contributed by atoms with Gasteiger partial charge in [0.2, 0.25) is 0 Å². The minimum Gasteiger partial charge on any atom is -0.489 e. The molecule has 0 bridgehead atoms. The number of carbonyl (C=O) groups excluding carboxylic acids is 1. The van der Waals surface area contributed by atoms with Crippen LogP contribution in [0.1, 0.15) is 11.1 Å². The van der Waals surface area contributed by atoms with Crippen LogP contribution in [-0.4, -0.2) is 32.3 Å². The fourth-order valence-electron chi connectivity index (χ4n) is 2.26. The molecule has 2 aromatic carbocycles. The fourth-order valence-corrected chi connectivity index (χ4v) is 2.80. The lowest BCUT2D eigenvalue weighted by atomic mass is 10.0. The van der Waals surface area contributed by atoms with Crippen molar-refractivity contribution in [2.75, 3.05) is 14.2 Å². The Balaban J connectivity index is 2.27. The minimum absolute atomic E-state index is 0.0813. The van der Waals surface area contributed by atoms with Gasteiger partial charge in [-0.05, 0) is 5.56 Å². The van der Waals surface area contributed by atoms with Crippen molar-refractivity contribution in [3.63, 3.8) is 0 Å². The van der Waals surface area contributed by atoms with Crippen LogP contribution in [0.2, 0.25) is 10.0 Å². The van der Waals surface area contributed by atoms with Gasteiger partial charge >= 0.3 is 12.3 Å². The second-order valence-electron chi connectivity index (χ2n) is 5.32. The lowest BCUT2D eigenvalue weighted by molar-refractivity contribution is -0.274. The molecule has 0 fully saturated rings. The molecular formula is C18H14Cl2F3NO5. The number of halogens is 5. The lowest BCUT2D eigenvalue weighted by Crippen LogP contribution is -2.20. The summed E-state index contributed by atoms with van der Waals surface area (Å²) < 4.78 is 51.3. The summed E-state index contributed by atoms with van der Waals surface area (Å²) in [6, 6.07) is 8.89. The van der Waals surface area contributed by atoms with Gasteiger partial charge in [0.1, 0.15) is 19.5 Å². The third kappa shape index (κ3) is 6.16. The number of carbonyl (C=O) groups is 1. The highest BCUT2D eigenvalue weighted by atomic mass is 35.5. The number of rotatable bonds is 7. The van der Waals surface area contributed by atoms with Gasteiger partial charge in [0, 0.05) is 17.7 Å². The molecule has 0 aromatic heterocycles. The van der Waals surface area contributed by atoms with E-state index in [-0.39, 0.29) is 28.1 Å². The van der Waals surface area contributed by atoms with Gasteiger partial charge < -0.3 is 19.0 Å². The molecule has 0 aliphatic heterocycles. The van der Waals surface area contributed by atoms with Gasteiger partial charge in [-0.1, -0.05) is 52.6 Å². The smallest absolute Gasteiger partial charge is 0.489 e. The van der Waals surface area contributed by atoms with E-state index in [1.165, 1.54) is 14.2 Å². The van der Waals surface area contributed by atoms with Gasteiger partial charge in [-0.25, -0.2) is 4.79 Å². The number of benzene rings is 2. The van der Waals surface area contributed by atoms with Gasteiger partial charge in [-0.3, -0.25) is 0 Å². The Morgan fingerprint density at radius 3 is 2.28 bits per heavy atom. The van der Waals surface area contributed by atoms with E-state index in [1.54, 1.807) is 24.3 Å². The average Bonchev–Trinajstić information content (AvgIpc) is 2.66. The van der Waals surface area contributed by atoms with E-state index >= 15 is 0 Å². The van der Waals surface area contributed by atoms with Crippen LogP contribution >= 0.6 is 23.2 Å². The van der Waals surface area contributed by atoms with Crippen LogP contribution in [0.3, 0.4) is 0 Å². The first-order valence-corrected chi connectivity index (χ1v) is 8.57. The van der Waals surface area contributed by atoms with Gasteiger partial charge in [0.25, 0.3) is 0 Å². The van der Waals surface area contributed by atoms with Crippen LogP contribution < -0.4 is 9.47 Å². The number of nitrogens with zero attached hydrogens (tertiary/aromatic N) is 1. The summed E-state index contributed by atoms with van der Waals surface area (Å²) >= 11 is 11.6. The van der Waals surface area contributed by atoms with E-state index in [0.29, 0.717) is 11.1 Å². The predicted molar refractivity (Wildman–Crippen MR) is 99.5 cm³/mol. The van der Waals surface area contributed by atoms with Crippen molar-refractivity contribution in [3.05, 3.63) is 57.6 Å². The Bertz CT molecular complexity index is 896. The van der Waals surface area contributed by atoms with Gasteiger partial charge in [0.05, 0.1) is 17.2 Å². The zero-order valence-corrected chi connectivity index (χ0v) is 16.6. The number of esters is 1. The summed E-state index contributed by atoms with van der Waals surface area (Å²) in [4.78, 5) is 16.6. The molecule has 0 radical (unpaired) electrons. The van der Waals surface area contributed by atoms with E-state index in [0.717, 1.165) is 12.1 Å². The first-order chi connectivity index (χ1) is 13.7. The Labute approximate surface area is 173 Å². The zero-order chi connectivity index (χ0) is 21.6. The summed E-state index contributed by atoms with van der Waals surface area (Å²) in [7, 11) is 2.47. The molecule has 6 nitrogen and oxygen atoms in total. The topological polar surface area (TPSA) is 66.4 Å². The summed E-state index contributed by atoms with van der Waals surface area (Å²) in [6.45, 7) is -0.0813. The molecule has 11 heteroatoms. The zero-order valence-electron chi connectivity index (χ0n) is 15.0. The van der Waals surface area contributed by atoms with E-state index < -0.39 is 18.1 Å². The maximum atomic E-state index is 12.4. The summed E-state index contributed by atoms with van der Waals surface area (Å²) in [6.07, 6.45) is -4.94. The maximum Gasteiger partial charge on any atom is 0.573 e. The number of oxime groups is 1. The van der Waals surface area contributed by atoms with Crippen molar-refractivity contribution in [2.24, 2.45) is 5.16 Å². The van der Waals surface area contributed by atoms with Gasteiger partial charge in [0.15, 0.2) is 11.5 Å². The molecule has 0 amide bonds. The van der Waals surface area contributed by atoms with Crippen molar-refractivity contribution in [2.45, 2.75) is 13.0 Å². The van der Waals surface area contributed by atoms with Crippen LogP contribution in [-0.2, 0) is 21.0 Å². The number of ether oxygens (including phenoxy) is 3. The van der Waals surface area contributed by atoms with Gasteiger partial charge in [-0.15, -0.1) is 13.2 Å². The maximum absolute atomic E-state index is 12.4. The van der Waals surface area contributed by atoms with Crippen molar-refractivity contribution in [1.29, 1.82) is 0 Å². The lowest BCUT2D eigenvalue weighted by Gasteiger charge is -2.15. The van der Waals surface area contributed by atoms with Crippen molar-refractivity contribution >= 4 is 34.9 Å². The molecule has 0 aliphatic carbocycles. The van der Waals surface area contributed by atoms with E-state index in [1.807, 2.05) is 0 Å². The van der Waals surface area contributed by atoms with E-state index in [2.05, 4.69) is 14.7 Å². The first-order valence-electron chi connectivity index (χ1n) is 7.81. The van der Waals surface area contributed by atoms with Crippen LogP contribution in [0.5, 0.6) is 11.5 Å². The third-order valence-electron chi connectivity index (χ3n) is 3.42. The van der Waals surface area contributed by atoms with Crippen LogP contribution in [0.4, 0.5) is 13.2 Å². The molecule has 0 unspecified atom stereocenters. The molecule has 2 rings (SSSR count). The van der Waals surface area contributed by atoms with E-state index in [4.69, 9.17) is 32.7 Å². The normalized spacial score (nSPS) is 11.8. The Hall–Kier alpha value is -2.65. The average molecular weight is 452 g/mol. The van der Waals surface area contributed by atoms with Crippen LogP contribution in [0.25, 0.3) is 0 Å². The number of alkyl halides is 3. The van der Waals surface area contributed by atoms with Crippen molar-refractivity contribution in [3.8, 4) is 11.5 Å². The highest BCUT2D eigenvalue weighted by Crippen LogP contribution is 2.40. The summed E-state index contributed by atoms with van der Waals surface area (Å²) in [5.74, 6) is -1.36. The number of methoxy groups -OCH3 is 1. The molecule has 156 valence electrons. The molecule has 0 heterocycles. The SMILES string of the molecule is CON=C(C(=O)OC)c1ccccc1COc1cc(Cl)c(OC(F)(F)F)c(Cl)c1. The predicted octanol–water partition coefficient (Wildman–Crippen LogP) is 4.99. The summed E-state index contributed by atoms with van der Waals surface area (Å²) in [5.41, 5.74) is 0.825. The Morgan fingerprint density at radius 2 is 1.72 bits per heavy atom. The highest BCUT2D eigenvalue weighted by molar-refractivity contribution is 6.43. The van der Waals surface area contributed by atoms with Crippen molar-refractivity contribution < 1.29 is 37.0 Å². The van der Waals surface area contributed by atoms with Crippen LogP contribution in [0, 0.1) is 0 Å². The van der Waals surface area contributed by atoms with E-state index in [9.17, 15) is 18.0 Å². The molecule has 2 aromatic rings. The molecule has 0 spiro atoms. The first kappa shape index (κ1) is 22.6.